The molecule has 1 heterocycles. The third-order valence-electron chi connectivity index (χ3n) is 2.74. The zero-order valence-electron chi connectivity index (χ0n) is 9.70. The van der Waals surface area contributed by atoms with E-state index in [0.717, 1.165) is 6.42 Å². The minimum absolute atomic E-state index is 0.166. The molecule has 0 aliphatic carbocycles. The first-order valence-corrected chi connectivity index (χ1v) is 5.46. The van der Waals surface area contributed by atoms with E-state index in [1.165, 1.54) is 11.1 Å². The number of aliphatic hydroxyl groups excluding tert-OH is 1. The number of rotatable bonds is 5. The molecular formula is C12H20N2O. The van der Waals surface area contributed by atoms with Crippen LogP contribution in [0.15, 0.2) is 18.5 Å². The number of nitrogens with zero attached hydrogens (tertiary/aromatic N) is 1. The lowest BCUT2D eigenvalue weighted by molar-refractivity contribution is 0.230. The molecular weight excluding hydrogens is 188 g/mol. The Morgan fingerprint density at radius 3 is 2.80 bits per heavy atom. The summed E-state index contributed by atoms with van der Waals surface area (Å²) < 4.78 is 0. The van der Waals surface area contributed by atoms with Crippen LogP contribution in [0.5, 0.6) is 0 Å². The molecule has 1 aromatic rings. The maximum Gasteiger partial charge on any atom is 0.0584 e. The number of aromatic nitrogens is 1. The van der Waals surface area contributed by atoms with Crippen LogP contribution in [0.2, 0.25) is 0 Å². The van der Waals surface area contributed by atoms with Crippen molar-refractivity contribution in [3.05, 3.63) is 29.6 Å². The molecule has 0 aliphatic rings. The van der Waals surface area contributed by atoms with Gasteiger partial charge in [0.25, 0.3) is 0 Å². The van der Waals surface area contributed by atoms with Gasteiger partial charge in [-0.25, -0.2) is 0 Å². The fourth-order valence-electron chi connectivity index (χ4n) is 1.67. The predicted octanol–water partition coefficient (Wildman–Crippen LogP) is 1.81. The summed E-state index contributed by atoms with van der Waals surface area (Å²) in [6.07, 6.45) is 4.62. The molecule has 84 valence electrons. The van der Waals surface area contributed by atoms with Crippen LogP contribution in [0.3, 0.4) is 0 Å². The molecule has 1 aromatic heterocycles. The number of aryl methyl sites for hydroxylation is 1. The quantitative estimate of drug-likeness (QED) is 0.775. The minimum atomic E-state index is 0.166. The fourth-order valence-corrected chi connectivity index (χ4v) is 1.67. The topological polar surface area (TPSA) is 45.1 Å². The van der Waals surface area contributed by atoms with Gasteiger partial charge in [0.05, 0.1) is 6.61 Å². The van der Waals surface area contributed by atoms with Crippen LogP contribution in [-0.4, -0.2) is 22.7 Å². The third-order valence-corrected chi connectivity index (χ3v) is 2.74. The molecule has 0 spiro atoms. The monoisotopic (exact) mass is 208 g/mol. The highest BCUT2D eigenvalue weighted by molar-refractivity contribution is 5.24. The maximum atomic E-state index is 9.11. The Balaban J connectivity index is 2.68. The van der Waals surface area contributed by atoms with Crippen molar-refractivity contribution in [2.75, 3.05) is 6.61 Å². The van der Waals surface area contributed by atoms with Gasteiger partial charge >= 0.3 is 0 Å². The molecule has 2 atom stereocenters. The van der Waals surface area contributed by atoms with Gasteiger partial charge in [0.2, 0.25) is 0 Å². The Morgan fingerprint density at radius 2 is 2.27 bits per heavy atom. The predicted molar refractivity (Wildman–Crippen MR) is 61.7 cm³/mol. The Labute approximate surface area is 91.5 Å². The smallest absolute Gasteiger partial charge is 0.0584 e. The van der Waals surface area contributed by atoms with Crippen molar-refractivity contribution >= 4 is 0 Å². The maximum absolute atomic E-state index is 9.11. The lowest BCUT2D eigenvalue weighted by Gasteiger charge is -2.21. The first-order valence-electron chi connectivity index (χ1n) is 5.46. The Hall–Kier alpha value is -0.930. The van der Waals surface area contributed by atoms with Crippen molar-refractivity contribution in [2.24, 2.45) is 0 Å². The molecule has 1 rings (SSSR count). The molecule has 2 N–H and O–H groups in total. The van der Waals surface area contributed by atoms with Gasteiger partial charge in [-0.15, -0.1) is 0 Å². The summed E-state index contributed by atoms with van der Waals surface area (Å²) in [5.41, 5.74) is 2.43. The Morgan fingerprint density at radius 1 is 1.53 bits per heavy atom. The van der Waals surface area contributed by atoms with Crippen LogP contribution in [0, 0.1) is 6.92 Å². The second kappa shape index (κ2) is 5.83. The second-order valence-corrected chi connectivity index (χ2v) is 3.91. The third kappa shape index (κ3) is 3.29. The molecule has 3 nitrogen and oxygen atoms in total. The van der Waals surface area contributed by atoms with Gasteiger partial charge in [-0.3, -0.25) is 4.98 Å². The minimum Gasteiger partial charge on any atom is -0.395 e. The summed E-state index contributed by atoms with van der Waals surface area (Å²) >= 11 is 0. The molecule has 0 saturated carbocycles. The van der Waals surface area contributed by atoms with Crippen molar-refractivity contribution in [2.45, 2.75) is 39.3 Å². The molecule has 15 heavy (non-hydrogen) atoms. The largest absolute Gasteiger partial charge is 0.395 e. The summed E-state index contributed by atoms with van der Waals surface area (Å²) in [7, 11) is 0. The van der Waals surface area contributed by atoms with Gasteiger partial charge in [0.15, 0.2) is 0 Å². The summed E-state index contributed by atoms with van der Waals surface area (Å²) in [5.74, 6) is 0. The highest BCUT2D eigenvalue weighted by Gasteiger charge is 2.12. The first kappa shape index (κ1) is 12.1. The molecule has 0 aromatic carbocycles. The zero-order valence-corrected chi connectivity index (χ0v) is 9.70. The fraction of sp³-hybridized carbons (Fsp3) is 0.583. The van der Waals surface area contributed by atoms with Crippen molar-refractivity contribution in [3.63, 3.8) is 0 Å². The molecule has 0 radical (unpaired) electrons. The van der Waals surface area contributed by atoms with Crippen LogP contribution in [0.4, 0.5) is 0 Å². The standard InChI is InChI=1S/C12H20N2O/c1-4-11(8-15)14-10(3)12-7-13-6-5-9(12)2/h5-7,10-11,14-15H,4,8H2,1-3H3/t10?,11-/m1/s1. The molecule has 0 aliphatic heterocycles. The molecule has 3 heteroatoms. The summed E-state index contributed by atoms with van der Waals surface area (Å²) in [6.45, 7) is 6.42. The number of hydrogen-bond donors (Lipinski definition) is 2. The zero-order chi connectivity index (χ0) is 11.3. The van der Waals surface area contributed by atoms with E-state index in [0.29, 0.717) is 0 Å². The highest BCUT2D eigenvalue weighted by atomic mass is 16.3. The van der Waals surface area contributed by atoms with Crippen molar-refractivity contribution in [3.8, 4) is 0 Å². The van der Waals surface area contributed by atoms with Crippen LogP contribution in [-0.2, 0) is 0 Å². The summed E-state index contributed by atoms with van der Waals surface area (Å²) in [6, 6.07) is 2.41. The SMILES string of the molecule is CC[C@H](CO)NC(C)c1cnccc1C. The van der Waals surface area contributed by atoms with Crippen LogP contribution >= 0.6 is 0 Å². The van der Waals surface area contributed by atoms with Crippen molar-refractivity contribution in [1.82, 2.24) is 10.3 Å². The van der Waals surface area contributed by atoms with Crippen LogP contribution in [0.1, 0.15) is 37.4 Å². The van der Waals surface area contributed by atoms with Gasteiger partial charge < -0.3 is 10.4 Å². The van der Waals surface area contributed by atoms with Gasteiger partial charge in [0, 0.05) is 24.5 Å². The summed E-state index contributed by atoms with van der Waals surface area (Å²) in [4.78, 5) is 4.12. The van der Waals surface area contributed by atoms with Crippen molar-refractivity contribution < 1.29 is 5.11 Å². The number of pyridine rings is 1. The van der Waals surface area contributed by atoms with Gasteiger partial charge in [0.1, 0.15) is 0 Å². The van der Waals surface area contributed by atoms with E-state index in [2.05, 4.69) is 31.1 Å². The van der Waals surface area contributed by atoms with E-state index in [1.807, 2.05) is 12.3 Å². The average molecular weight is 208 g/mol. The van der Waals surface area contributed by atoms with Gasteiger partial charge in [-0.1, -0.05) is 6.92 Å². The van der Waals surface area contributed by atoms with E-state index in [9.17, 15) is 0 Å². The summed E-state index contributed by atoms with van der Waals surface area (Å²) in [5, 5.41) is 12.5. The first-order chi connectivity index (χ1) is 7.19. The van der Waals surface area contributed by atoms with E-state index in [4.69, 9.17) is 5.11 Å². The van der Waals surface area contributed by atoms with E-state index in [-0.39, 0.29) is 18.7 Å². The molecule has 0 amide bonds. The lowest BCUT2D eigenvalue weighted by atomic mass is 10.0. The molecule has 0 saturated heterocycles. The highest BCUT2D eigenvalue weighted by Crippen LogP contribution is 2.16. The van der Waals surface area contributed by atoms with Crippen LogP contribution < -0.4 is 5.32 Å². The van der Waals surface area contributed by atoms with Crippen LogP contribution in [0.25, 0.3) is 0 Å². The molecule has 0 fully saturated rings. The Kier molecular flexibility index (Phi) is 4.72. The van der Waals surface area contributed by atoms with E-state index in [1.54, 1.807) is 6.20 Å². The normalized spacial score (nSPS) is 14.9. The second-order valence-electron chi connectivity index (χ2n) is 3.91. The number of hydrogen-bond acceptors (Lipinski definition) is 3. The average Bonchev–Trinajstić information content (AvgIpc) is 2.26. The van der Waals surface area contributed by atoms with Crippen molar-refractivity contribution in [1.29, 1.82) is 0 Å². The van der Waals surface area contributed by atoms with E-state index < -0.39 is 0 Å². The number of aliphatic hydroxyl groups is 1. The van der Waals surface area contributed by atoms with E-state index >= 15 is 0 Å². The van der Waals surface area contributed by atoms with Gasteiger partial charge in [-0.05, 0) is 37.5 Å². The Bertz CT molecular complexity index is 297. The number of nitrogens with one attached hydrogen (secondary N) is 1. The van der Waals surface area contributed by atoms with Gasteiger partial charge in [-0.2, -0.15) is 0 Å². The lowest BCUT2D eigenvalue weighted by Crippen LogP contribution is -2.34. The molecule has 1 unspecified atom stereocenters. The molecule has 0 bridgehead atoms.